The van der Waals surface area contributed by atoms with Crippen LogP contribution >= 0.6 is 0 Å². The number of amides is 1. The maximum Gasteiger partial charge on any atom is 0.262 e. The van der Waals surface area contributed by atoms with E-state index in [-0.39, 0.29) is 17.4 Å². The monoisotopic (exact) mass is 394 g/mol. The number of benzene rings is 3. The average molecular weight is 394 g/mol. The molecule has 0 atom stereocenters. The van der Waals surface area contributed by atoms with E-state index >= 15 is 0 Å². The van der Waals surface area contributed by atoms with E-state index < -0.39 is 10.0 Å². The smallest absolute Gasteiger partial charge is 0.262 e. The highest BCUT2D eigenvalue weighted by Gasteiger charge is 2.21. The molecule has 3 aromatic rings. The van der Waals surface area contributed by atoms with E-state index in [1.54, 1.807) is 18.2 Å². The van der Waals surface area contributed by atoms with Crippen molar-refractivity contribution in [3.05, 3.63) is 83.9 Å². The number of ether oxygens (including phenoxy) is 1. The van der Waals surface area contributed by atoms with Gasteiger partial charge < -0.3 is 10.1 Å². The van der Waals surface area contributed by atoms with Crippen LogP contribution in [0.3, 0.4) is 0 Å². The van der Waals surface area contributed by atoms with Gasteiger partial charge in [0, 0.05) is 0 Å². The zero-order valence-corrected chi connectivity index (χ0v) is 15.7. The van der Waals surface area contributed by atoms with Crippen molar-refractivity contribution in [2.24, 2.45) is 0 Å². The lowest BCUT2D eigenvalue weighted by atomic mass is 10.0. The van der Waals surface area contributed by atoms with Crippen LogP contribution in [0.25, 0.3) is 0 Å². The summed E-state index contributed by atoms with van der Waals surface area (Å²) in [6, 6.07) is 21.5. The molecular weight excluding hydrogens is 376 g/mol. The van der Waals surface area contributed by atoms with Gasteiger partial charge in [-0.15, -0.1) is 0 Å². The second-order valence-corrected chi connectivity index (χ2v) is 8.10. The molecular formula is C21H18N2O4S. The molecule has 28 heavy (non-hydrogen) atoms. The van der Waals surface area contributed by atoms with Crippen molar-refractivity contribution in [1.29, 1.82) is 0 Å². The lowest BCUT2D eigenvalue weighted by Crippen LogP contribution is -2.25. The minimum absolute atomic E-state index is 0.0477. The summed E-state index contributed by atoms with van der Waals surface area (Å²) in [5, 5.41) is 2.62. The number of nitrogens with one attached hydrogen (secondary N) is 2. The summed E-state index contributed by atoms with van der Waals surface area (Å²) in [7, 11) is -3.84. The van der Waals surface area contributed by atoms with Gasteiger partial charge in [0.25, 0.3) is 15.9 Å². The molecule has 1 amide bonds. The van der Waals surface area contributed by atoms with Crippen LogP contribution in [0.2, 0.25) is 0 Å². The molecule has 1 heterocycles. The van der Waals surface area contributed by atoms with Gasteiger partial charge >= 0.3 is 0 Å². The Labute approximate surface area is 163 Å². The van der Waals surface area contributed by atoms with E-state index in [1.807, 2.05) is 42.5 Å². The summed E-state index contributed by atoms with van der Waals surface area (Å²) in [5.41, 5.74) is 2.82. The number of hydrogen-bond donors (Lipinski definition) is 2. The van der Waals surface area contributed by atoms with Gasteiger partial charge in [0.1, 0.15) is 5.75 Å². The maximum atomic E-state index is 12.9. The fourth-order valence-corrected chi connectivity index (χ4v) is 4.15. The Kier molecular flexibility index (Phi) is 4.75. The lowest BCUT2D eigenvalue weighted by Gasteiger charge is -2.19. The van der Waals surface area contributed by atoms with Crippen molar-refractivity contribution in [2.75, 3.05) is 16.6 Å². The van der Waals surface area contributed by atoms with Crippen molar-refractivity contribution < 1.29 is 17.9 Å². The molecule has 0 spiro atoms. The molecule has 6 nitrogen and oxygen atoms in total. The Bertz CT molecular complexity index is 1130. The van der Waals surface area contributed by atoms with Gasteiger partial charge in [0.05, 0.1) is 16.3 Å². The number of fused-ring (bicyclic) bond motifs is 1. The molecule has 0 bridgehead atoms. The van der Waals surface area contributed by atoms with Crippen molar-refractivity contribution in [3.63, 3.8) is 0 Å². The van der Waals surface area contributed by atoms with E-state index in [2.05, 4.69) is 10.0 Å². The molecule has 1 aliphatic heterocycles. The molecule has 142 valence electrons. The predicted molar refractivity (Wildman–Crippen MR) is 107 cm³/mol. The summed E-state index contributed by atoms with van der Waals surface area (Å²) in [5.74, 6) is 0.131. The van der Waals surface area contributed by atoms with Crippen LogP contribution in [0.4, 0.5) is 11.4 Å². The van der Waals surface area contributed by atoms with Crippen molar-refractivity contribution >= 4 is 27.3 Å². The number of sulfonamides is 1. The van der Waals surface area contributed by atoms with Gasteiger partial charge in [0.15, 0.2) is 6.61 Å². The van der Waals surface area contributed by atoms with Crippen LogP contribution in [0.5, 0.6) is 5.75 Å². The van der Waals surface area contributed by atoms with E-state index in [0.29, 0.717) is 23.5 Å². The highest BCUT2D eigenvalue weighted by Crippen LogP contribution is 2.31. The minimum Gasteiger partial charge on any atom is -0.482 e. The first-order valence-electron chi connectivity index (χ1n) is 8.73. The number of carbonyl (C=O) groups is 1. The third-order valence-corrected chi connectivity index (χ3v) is 5.76. The van der Waals surface area contributed by atoms with E-state index in [4.69, 9.17) is 4.74 Å². The van der Waals surface area contributed by atoms with E-state index in [1.165, 1.54) is 12.1 Å². The van der Waals surface area contributed by atoms with Crippen LogP contribution in [0.1, 0.15) is 11.1 Å². The molecule has 0 unspecified atom stereocenters. The van der Waals surface area contributed by atoms with Crippen LogP contribution in [0.15, 0.2) is 77.7 Å². The van der Waals surface area contributed by atoms with Crippen molar-refractivity contribution in [2.45, 2.75) is 11.3 Å². The Hall–Kier alpha value is -3.32. The maximum absolute atomic E-state index is 12.9. The molecule has 0 aromatic heterocycles. The van der Waals surface area contributed by atoms with Gasteiger partial charge in [-0.3, -0.25) is 9.52 Å². The van der Waals surface area contributed by atoms with Crippen LogP contribution < -0.4 is 14.8 Å². The van der Waals surface area contributed by atoms with Gasteiger partial charge in [-0.05, 0) is 41.8 Å². The largest absolute Gasteiger partial charge is 0.482 e. The quantitative estimate of drug-likeness (QED) is 0.695. The molecule has 2 N–H and O–H groups in total. The topological polar surface area (TPSA) is 84.5 Å². The predicted octanol–water partition coefficient (Wildman–Crippen LogP) is 3.41. The second kappa shape index (κ2) is 7.36. The number of hydrogen-bond acceptors (Lipinski definition) is 4. The van der Waals surface area contributed by atoms with Gasteiger partial charge in [-0.1, -0.05) is 48.5 Å². The van der Waals surface area contributed by atoms with E-state index in [0.717, 1.165) is 11.1 Å². The Morgan fingerprint density at radius 1 is 0.964 bits per heavy atom. The molecule has 4 rings (SSSR count). The zero-order valence-electron chi connectivity index (χ0n) is 14.9. The normalized spacial score (nSPS) is 13.2. The summed E-state index contributed by atoms with van der Waals surface area (Å²) in [4.78, 5) is 11.5. The molecule has 3 aromatic carbocycles. The summed E-state index contributed by atoms with van der Waals surface area (Å²) in [6.45, 7) is -0.0792. The van der Waals surface area contributed by atoms with Gasteiger partial charge in [-0.2, -0.15) is 0 Å². The first-order valence-corrected chi connectivity index (χ1v) is 10.2. The molecule has 0 radical (unpaired) electrons. The summed E-state index contributed by atoms with van der Waals surface area (Å²) in [6.07, 6.45) is 0.605. The molecule has 0 fully saturated rings. The highest BCUT2D eigenvalue weighted by atomic mass is 32.2. The molecule has 0 aliphatic carbocycles. The van der Waals surface area contributed by atoms with Crippen LogP contribution in [-0.2, 0) is 21.2 Å². The first-order chi connectivity index (χ1) is 13.5. The molecule has 0 saturated carbocycles. The zero-order chi connectivity index (χ0) is 19.6. The first kappa shape index (κ1) is 18.1. The van der Waals surface area contributed by atoms with Gasteiger partial charge in [-0.25, -0.2) is 8.42 Å². The molecule has 0 saturated heterocycles. The lowest BCUT2D eigenvalue weighted by molar-refractivity contribution is -0.118. The van der Waals surface area contributed by atoms with Gasteiger partial charge in [0.2, 0.25) is 0 Å². The third-order valence-electron chi connectivity index (χ3n) is 4.39. The number of carbonyl (C=O) groups excluding carboxylic acids is 1. The Balaban J connectivity index is 1.62. The fourth-order valence-electron chi connectivity index (χ4n) is 3.02. The number of para-hydroxylation sites is 1. The van der Waals surface area contributed by atoms with Crippen LogP contribution in [0, 0.1) is 0 Å². The highest BCUT2D eigenvalue weighted by molar-refractivity contribution is 7.92. The SMILES string of the molecule is O=C1COc2ccc(S(=O)(=O)Nc3ccccc3Cc3ccccc3)cc2N1. The molecule has 7 heteroatoms. The standard InChI is InChI=1S/C21H18N2O4S/c24-21-14-27-20-11-10-17(13-19(20)22-21)28(25,26)23-18-9-5-4-8-16(18)12-15-6-2-1-3-7-15/h1-11,13,23H,12,14H2,(H,22,24). The Morgan fingerprint density at radius 2 is 1.71 bits per heavy atom. The average Bonchev–Trinajstić information content (AvgIpc) is 2.69. The Morgan fingerprint density at radius 3 is 2.54 bits per heavy atom. The summed E-state index contributed by atoms with van der Waals surface area (Å²) < 4.78 is 33.8. The van der Waals surface area contributed by atoms with Crippen molar-refractivity contribution in [3.8, 4) is 5.75 Å². The minimum atomic E-state index is -3.84. The van der Waals surface area contributed by atoms with Crippen LogP contribution in [-0.4, -0.2) is 20.9 Å². The summed E-state index contributed by atoms with van der Waals surface area (Å²) >= 11 is 0. The number of rotatable bonds is 5. The van der Waals surface area contributed by atoms with Crippen molar-refractivity contribution in [1.82, 2.24) is 0 Å². The van der Waals surface area contributed by atoms with E-state index in [9.17, 15) is 13.2 Å². The fraction of sp³-hybridized carbons (Fsp3) is 0.0952. The number of anilines is 2. The second-order valence-electron chi connectivity index (χ2n) is 6.42. The molecule has 1 aliphatic rings. The third kappa shape index (κ3) is 3.84.